The molecule has 0 N–H and O–H groups in total. The highest BCUT2D eigenvalue weighted by atomic mass is 19.1. The Morgan fingerprint density at radius 1 is 0.905 bits per heavy atom. The number of carbonyl (C=O) groups excluding carboxylic acids is 1. The smallest absolute Gasteiger partial charge is 0.165 e. The van der Waals surface area contributed by atoms with E-state index >= 15 is 0 Å². The molecule has 1 nitrogen and oxygen atoms in total. The number of rotatable bonds is 10. The lowest BCUT2D eigenvalue weighted by Gasteiger charge is -2.05. The van der Waals surface area contributed by atoms with Gasteiger partial charge in [0.2, 0.25) is 0 Å². The van der Waals surface area contributed by atoms with Gasteiger partial charge in [0, 0.05) is 12.5 Å². The Bertz CT molecular complexity index is 455. The molecule has 0 aliphatic heterocycles. The van der Waals surface area contributed by atoms with Crippen molar-refractivity contribution in [2.24, 2.45) is 0 Å². The van der Waals surface area contributed by atoms with Crippen LogP contribution in [0.1, 0.15) is 80.6 Å². The minimum absolute atomic E-state index is 0.0249. The van der Waals surface area contributed by atoms with Crippen molar-refractivity contribution in [1.29, 1.82) is 0 Å². The topological polar surface area (TPSA) is 17.1 Å². The van der Waals surface area contributed by atoms with Gasteiger partial charge >= 0.3 is 0 Å². The predicted molar refractivity (Wildman–Crippen MR) is 82.7 cm³/mol. The molecule has 0 amide bonds. The summed E-state index contributed by atoms with van der Waals surface area (Å²) < 4.78 is 26.7. The van der Waals surface area contributed by atoms with Gasteiger partial charge in [-0.1, -0.05) is 51.9 Å². The molecule has 0 radical (unpaired) electrons. The molecule has 118 valence electrons. The molecule has 0 aromatic heterocycles. The van der Waals surface area contributed by atoms with Gasteiger partial charge in [0.05, 0.1) is 5.56 Å². The first kappa shape index (κ1) is 17.8. The van der Waals surface area contributed by atoms with Gasteiger partial charge in [-0.2, -0.15) is 0 Å². The lowest BCUT2D eigenvalue weighted by Crippen LogP contribution is -2.04. The Balaban J connectivity index is 2.27. The minimum Gasteiger partial charge on any atom is -0.294 e. The first-order chi connectivity index (χ1) is 10.1. The van der Waals surface area contributed by atoms with Gasteiger partial charge in [-0.15, -0.1) is 0 Å². The fourth-order valence-electron chi connectivity index (χ4n) is 2.43. The zero-order chi connectivity index (χ0) is 15.7. The van der Waals surface area contributed by atoms with E-state index < -0.39 is 11.6 Å². The Labute approximate surface area is 126 Å². The summed E-state index contributed by atoms with van der Waals surface area (Å²) in [5.41, 5.74) is 0.340. The molecule has 0 aliphatic carbocycles. The summed E-state index contributed by atoms with van der Waals surface area (Å²) in [6, 6.07) is 2.12. The van der Waals surface area contributed by atoms with Crippen molar-refractivity contribution in [1.82, 2.24) is 0 Å². The number of Topliss-reactive ketones (excluding diaryl/α,β-unsaturated/α-hetero) is 1. The molecule has 0 spiro atoms. The number of ketones is 1. The molecule has 0 aliphatic rings. The lowest BCUT2D eigenvalue weighted by atomic mass is 10.0. The summed E-state index contributed by atoms with van der Waals surface area (Å²) in [7, 11) is 0. The Morgan fingerprint density at radius 2 is 1.48 bits per heavy atom. The largest absolute Gasteiger partial charge is 0.294 e. The van der Waals surface area contributed by atoms with Crippen molar-refractivity contribution in [3.63, 3.8) is 0 Å². The summed E-state index contributed by atoms with van der Waals surface area (Å²) >= 11 is 0. The third-order valence-electron chi connectivity index (χ3n) is 3.81. The third-order valence-corrected chi connectivity index (χ3v) is 3.81. The summed E-state index contributed by atoms with van der Waals surface area (Å²) in [5.74, 6) is -1.57. The standard InChI is InChI=1S/C18H26F2O/c1-3-4-5-6-7-8-9-10-11-18(21)15-12-14(2)16(19)13-17(15)20/h12-13H,3-11H2,1-2H3. The molecule has 0 atom stereocenters. The van der Waals surface area contributed by atoms with Crippen molar-refractivity contribution in [3.05, 3.63) is 34.9 Å². The van der Waals surface area contributed by atoms with Crippen LogP contribution in [0.5, 0.6) is 0 Å². The number of benzene rings is 1. The van der Waals surface area contributed by atoms with Crippen LogP contribution in [0.15, 0.2) is 12.1 Å². The summed E-state index contributed by atoms with van der Waals surface area (Å²) in [6.07, 6.45) is 9.54. The quantitative estimate of drug-likeness (QED) is 0.383. The number of halogens is 2. The van der Waals surface area contributed by atoms with Gasteiger partial charge in [-0.25, -0.2) is 8.78 Å². The fourth-order valence-corrected chi connectivity index (χ4v) is 2.43. The lowest BCUT2D eigenvalue weighted by molar-refractivity contribution is 0.0975. The number of unbranched alkanes of at least 4 members (excludes halogenated alkanes) is 7. The molecule has 0 saturated carbocycles. The molecule has 0 heterocycles. The Morgan fingerprint density at radius 3 is 2.10 bits per heavy atom. The van der Waals surface area contributed by atoms with Crippen molar-refractivity contribution in [2.45, 2.75) is 71.6 Å². The zero-order valence-corrected chi connectivity index (χ0v) is 13.2. The van der Waals surface area contributed by atoms with Crippen LogP contribution in [0.3, 0.4) is 0 Å². The van der Waals surface area contributed by atoms with Crippen molar-refractivity contribution in [2.75, 3.05) is 0 Å². The first-order valence-corrected chi connectivity index (χ1v) is 8.05. The van der Waals surface area contributed by atoms with E-state index in [1.54, 1.807) is 6.92 Å². The van der Waals surface area contributed by atoms with E-state index in [4.69, 9.17) is 0 Å². The molecular weight excluding hydrogens is 270 g/mol. The maximum absolute atomic E-state index is 13.6. The van der Waals surface area contributed by atoms with E-state index in [9.17, 15) is 13.6 Å². The van der Waals surface area contributed by atoms with E-state index in [1.165, 1.54) is 38.2 Å². The highest BCUT2D eigenvalue weighted by Gasteiger charge is 2.14. The molecule has 1 aromatic carbocycles. The van der Waals surface area contributed by atoms with Gasteiger partial charge in [0.15, 0.2) is 5.78 Å². The van der Waals surface area contributed by atoms with Crippen LogP contribution < -0.4 is 0 Å². The van der Waals surface area contributed by atoms with E-state index in [1.807, 2.05) is 0 Å². The SMILES string of the molecule is CCCCCCCCCCC(=O)c1cc(C)c(F)cc1F. The second-order valence-corrected chi connectivity index (χ2v) is 5.73. The van der Waals surface area contributed by atoms with Crippen LogP contribution >= 0.6 is 0 Å². The van der Waals surface area contributed by atoms with Gasteiger partial charge in [-0.3, -0.25) is 4.79 Å². The summed E-state index contributed by atoms with van der Waals surface area (Å²) in [6.45, 7) is 3.74. The van der Waals surface area contributed by atoms with Crippen molar-refractivity contribution in [3.8, 4) is 0 Å². The number of carbonyl (C=O) groups is 1. The fraction of sp³-hybridized carbons (Fsp3) is 0.611. The molecule has 0 bridgehead atoms. The van der Waals surface area contributed by atoms with E-state index in [0.717, 1.165) is 25.3 Å². The van der Waals surface area contributed by atoms with Crippen LogP contribution in [-0.2, 0) is 0 Å². The van der Waals surface area contributed by atoms with Crippen LogP contribution in [0.25, 0.3) is 0 Å². The van der Waals surface area contributed by atoms with Gasteiger partial charge in [0.25, 0.3) is 0 Å². The second kappa shape index (κ2) is 9.64. The average Bonchev–Trinajstić information content (AvgIpc) is 2.45. The monoisotopic (exact) mass is 296 g/mol. The molecular formula is C18H26F2O. The van der Waals surface area contributed by atoms with Crippen LogP contribution in [0, 0.1) is 18.6 Å². The summed E-state index contributed by atoms with van der Waals surface area (Å²) in [5, 5.41) is 0. The van der Waals surface area contributed by atoms with Gasteiger partial charge in [-0.05, 0) is 25.0 Å². The third kappa shape index (κ3) is 6.36. The number of hydrogen-bond donors (Lipinski definition) is 0. The first-order valence-electron chi connectivity index (χ1n) is 8.05. The molecule has 21 heavy (non-hydrogen) atoms. The zero-order valence-electron chi connectivity index (χ0n) is 13.2. The van der Waals surface area contributed by atoms with E-state index in [0.29, 0.717) is 12.0 Å². The predicted octanol–water partition coefficient (Wildman–Crippen LogP) is 5.99. The molecule has 3 heteroatoms. The summed E-state index contributed by atoms with van der Waals surface area (Å²) in [4.78, 5) is 11.9. The van der Waals surface area contributed by atoms with Crippen LogP contribution in [0.2, 0.25) is 0 Å². The molecule has 1 aromatic rings. The highest BCUT2D eigenvalue weighted by molar-refractivity contribution is 5.96. The maximum Gasteiger partial charge on any atom is 0.165 e. The average molecular weight is 296 g/mol. The second-order valence-electron chi connectivity index (χ2n) is 5.73. The van der Waals surface area contributed by atoms with Crippen LogP contribution in [-0.4, -0.2) is 5.78 Å². The van der Waals surface area contributed by atoms with E-state index in [-0.39, 0.29) is 11.3 Å². The van der Waals surface area contributed by atoms with Gasteiger partial charge < -0.3 is 0 Å². The Hall–Kier alpha value is -1.25. The highest BCUT2D eigenvalue weighted by Crippen LogP contribution is 2.17. The van der Waals surface area contributed by atoms with Crippen molar-refractivity contribution < 1.29 is 13.6 Å². The van der Waals surface area contributed by atoms with Crippen LogP contribution in [0.4, 0.5) is 8.78 Å². The molecule has 0 unspecified atom stereocenters. The molecule has 1 rings (SSSR count). The normalized spacial score (nSPS) is 10.9. The Kier molecular flexibility index (Phi) is 8.17. The van der Waals surface area contributed by atoms with E-state index in [2.05, 4.69) is 6.92 Å². The van der Waals surface area contributed by atoms with Crippen molar-refractivity contribution >= 4 is 5.78 Å². The maximum atomic E-state index is 13.6. The minimum atomic E-state index is -0.748. The van der Waals surface area contributed by atoms with Gasteiger partial charge in [0.1, 0.15) is 11.6 Å². The molecule has 0 saturated heterocycles. The number of aryl methyl sites for hydroxylation is 1. The molecule has 0 fully saturated rings. The number of hydrogen-bond acceptors (Lipinski definition) is 1.